The Morgan fingerprint density at radius 3 is 2.67 bits per heavy atom. The molecule has 0 bridgehead atoms. The molecule has 0 unspecified atom stereocenters. The molecule has 70 valence electrons. The van der Waals surface area contributed by atoms with Crippen molar-refractivity contribution in [3.05, 3.63) is 12.2 Å². The van der Waals surface area contributed by atoms with Crippen LogP contribution in [-0.4, -0.2) is 12.6 Å². The lowest BCUT2D eigenvalue weighted by atomic mass is 9.95. The normalized spacial score (nSPS) is 20.4. The molecule has 0 aromatic rings. The molecule has 1 aliphatic rings. The van der Waals surface area contributed by atoms with Crippen LogP contribution in [0.3, 0.4) is 0 Å². The maximum atomic E-state index is 3.61. The molecule has 0 spiro atoms. The van der Waals surface area contributed by atoms with Gasteiger partial charge in [-0.15, -0.1) is 0 Å². The highest BCUT2D eigenvalue weighted by Gasteiger charge is 2.11. The summed E-state index contributed by atoms with van der Waals surface area (Å²) in [7, 11) is 0. The Morgan fingerprint density at radius 1 is 1.25 bits per heavy atom. The van der Waals surface area contributed by atoms with Crippen molar-refractivity contribution in [2.75, 3.05) is 6.54 Å². The van der Waals surface area contributed by atoms with Crippen LogP contribution in [0.25, 0.3) is 0 Å². The van der Waals surface area contributed by atoms with E-state index in [4.69, 9.17) is 0 Å². The van der Waals surface area contributed by atoms with Crippen LogP contribution in [0.5, 0.6) is 0 Å². The van der Waals surface area contributed by atoms with E-state index in [1.807, 2.05) is 0 Å². The van der Waals surface area contributed by atoms with Gasteiger partial charge in [0.15, 0.2) is 0 Å². The monoisotopic (exact) mass is 167 g/mol. The first-order valence-corrected chi connectivity index (χ1v) is 5.28. The highest BCUT2D eigenvalue weighted by atomic mass is 14.9. The first kappa shape index (κ1) is 9.79. The minimum absolute atomic E-state index is 0.823. The highest BCUT2D eigenvalue weighted by molar-refractivity contribution is 4.79. The minimum atomic E-state index is 0.823. The molecule has 1 nitrogen and oxygen atoms in total. The summed E-state index contributed by atoms with van der Waals surface area (Å²) in [6.07, 6.45) is 12.7. The van der Waals surface area contributed by atoms with Crippen molar-refractivity contribution in [3.63, 3.8) is 0 Å². The summed E-state index contributed by atoms with van der Waals surface area (Å²) in [5.41, 5.74) is 0. The van der Waals surface area contributed by atoms with E-state index in [0.29, 0.717) is 0 Å². The minimum Gasteiger partial charge on any atom is -0.314 e. The zero-order valence-corrected chi connectivity index (χ0v) is 8.18. The molecule has 0 aromatic heterocycles. The van der Waals surface area contributed by atoms with Gasteiger partial charge in [0.1, 0.15) is 0 Å². The molecule has 0 heterocycles. The number of rotatable bonds is 4. The summed E-state index contributed by atoms with van der Waals surface area (Å²) >= 11 is 0. The molecule has 1 fully saturated rings. The van der Waals surface area contributed by atoms with Gasteiger partial charge in [-0.2, -0.15) is 0 Å². The average molecular weight is 167 g/mol. The van der Waals surface area contributed by atoms with E-state index in [2.05, 4.69) is 24.4 Å². The Kier molecular flexibility index (Phi) is 5.09. The van der Waals surface area contributed by atoms with E-state index in [1.54, 1.807) is 0 Å². The van der Waals surface area contributed by atoms with Crippen molar-refractivity contribution in [2.45, 2.75) is 51.5 Å². The first-order valence-electron chi connectivity index (χ1n) is 5.28. The van der Waals surface area contributed by atoms with Crippen LogP contribution < -0.4 is 5.32 Å². The van der Waals surface area contributed by atoms with Crippen LogP contribution in [0.1, 0.15) is 45.4 Å². The fraction of sp³-hybridized carbons (Fsp3) is 0.818. The zero-order valence-electron chi connectivity index (χ0n) is 8.18. The SMILES string of the molecule is C/C=C/CCNC1CCCCC1. The van der Waals surface area contributed by atoms with Gasteiger partial charge in [-0.3, -0.25) is 0 Å². The lowest BCUT2D eigenvalue weighted by molar-refractivity contribution is 0.376. The van der Waals surface area contributed by atoms with Gasteiger partial charge in [-0.05, 0) is 32.7 Å². The van der Waals surface area contributed by atoms with Crippen LogP contribution in [-0.2, 0) is 0 Å². The van der Waals surface area contributed by atoms with Gasteiger partial charge in [-0.1, -0.05) is 31.4 Å². The summed E-state index contributed by atoms with van der Waals surface area (Å²) in [4.78, 5) is 0. The van der Waals surface area contributed by atoms with E-state index in [9.17, 15) is 0 Å². The standard InChI is InChI=1S/C11H21N/c1-2-3-7-10-12-11-8-5-4-6-9-11/h2-3,11-12H,4-10H2,1H3/b3-2+. The van der Waals surface area contributed by atoms with Crippen molar-refractivity contribution < 1.29 is 0 Å². The molecule has 1 aliphatic carbocycles. The summed E-state index contributed by atoms with van der Waals surface area (Å²) in [5, 5.41) is 3.61. The van der Waals surface area contributed by atoms with E-state index in [0.717, 1.165) is 12.6 Å². The smallest absolute Gasteiger partial charge is 0.00671 e. The van der Waals surface area contributed by atoms with Crippen molar-refractivity contribution >= 4 is 0 Å². The maximum Gasteiger partial charge on any atom is 0.00671 e. The van der Waals surface area contributed by atoms with Crippen LogP contribution in [0.4, 0.5) is 0 Å². The predicted molar refractivity (Wildman–Crippen MR) is 54.3 cm³/mol. The molecule has 0 aliphatic heterocycles. The third kappa shape index (κ3) is 3.91. The molecule has 1 rings (SSSR count). The largest absolute Gasteiger partial charge is 0.314 e. The van der Waals surface area contributed by atoms with Crippen molar-refractivity contribution in [2.24, 2.45) is 0 Å². The molecule has 0 saturated heterocycles. The molecule has 0 atom stereocenters. The molecule has 0 aromatic carbocycles. The Labute approximate surface area is 76.2 Å². The first-order chi connectivity index (χ1) is 5.93. The molecule has 1 N–H and O–H groups in total. The summed E-state index contributed by atoms with van der Waals surface area (Å²) in [5.74, 6) is 0. The molecular weight excluding hydrogens is 146 g/mol. The molecule has 12 heavy (non-hydrogen) atoms. The number of hydrogen-bond acceptors (Lipinski definition) is 1. The van der Waals surface area contributed by atoms with Crippen LogP contribution in [0, 0.1) is 0 Å². The average Bonchev–Trinajstić information content (AvgIpc) is 2.14. The molecule has 1 heteroatoms. The van der Waals surface area contributed by atoms with Crippen molar-refractivity contribution in [3.8, 4) is 0 Å². The van der Waals surface area contributed by atoms with Crippen molar-refractivity contribution in [1.29, 1.82) is 0 Å². The Morgan fingerprint density at radius 2 is 2.00 bits per heavy atom. The highest BCUT2D eigenvalue weighted by Crippen LogP contribution is 2.17. The molecule has 1 saturated carbocycles. The lowest BCUT2D eigenvalue weighted by Gasteiger charge is -2.22. The quantitative estimate of drug-likeness (QED) is 0.501. The van der Waals surface area contributed by atoms with Crippen molar-refractivity contribution in [1.82, 2.24) is 5.32 Å². The van der Waals surface area contributed by atoms with Gasteiger partial charge < -0.3 is 5.32 Å². The summed E-state index contributed by atoms with van der Waals surface area (Å²) in [6, 6.07) is 0.823. The van der Waals surface area contributed by atoms with E-state index >= 15 is 0 Å². The van der Waals surface area contributed by atoms with Gasteiger partial charge in [0, 0.05) is 6.04 Å². The Bertz CT molecular complexity index is 123. The lowest BCUT2D eigenvalue weighted by Crippen LogP contribution is -2.31. The third-order valence-corrected chi connectivity index (χ3v) is 2.58. The van der Waals surface area contributed by atoms with E-state index in [1.165, 1.54) is 38.5 Å². The zero-order chi connectivity index (χ0) is 8.65. The van der Waals surface area contributed by atoms with E-state index in [-0.39, 0.29) is 0 Å². The molecule has 0 radical (unpaired) electrons. The predicted octanol–water partition coefficient (Wildman–Crippen LogP) is 2.87. The van der Waals surface area contributed by atoms with Gasteiger partial charge in [0.25, 0.3) is 0 Å². The fourth-order valence-corrected chi connectivity index (χ4v) is 1.84. The third-order valence-electron chi connectivity index (χ3n) is 2.58. The van der Waals surface area contributed by atoms with Gasteiger partial charge in [-0.25, -0.2) is 0 Å². The van der Waals surface area contributed by atoms with E-state index < -0.39 is 0 Å². The Hall–Kier alpha value is -0.300. The topological polar surface area (TPSA) is 12.0 Å². The van der Waals surface area contributed by atoms with Crippen LogP contribution in [0.2, 0.25) is 0 Å². The fourth-order valence-electron chi connectivity index (χ4n) is 1.84. The van der Waals surface area contributed by atoms with Gasteiger partial charge in [0.2, 0.25) is 0 Å². The maximum absolute atomic E-state index is 3.61. The number of nitrogens with one attached hydrogen (secondary N) is 1. The Balaban J connectivity index is 1.97. The summed E-state index contributed by atoms with van der Waals surface area (Å²) in [6.45, 7) is 3.25. The number of allylic oxidation sites excluding steroid dienone is 1. The van der Waals surface area contributed by atoms with Crippen LogP contribution >= 0.6 is 0 Å². The second-order valence-electron chi connectivity index (χ2n) is 3.65. The molecule has 0 amide bonds. The van der Waals surface area contributed by atoms with Crippen LogP contribution in [0.15, 0.2) is 12.2 Å². The summed E-state index contributed by atoms with van der Waals surface area (Å²) < 4.78 is 0. The second-order valence-corrected chi connectivity index (χ2v) is 3.65. The van der Waals surface area contributed by atoms with Gasteiger partial charge in [0.05, 0.1) is 0 Å². The van der Waals surface area contributed by atoms with Gasteiger partial charge >= 0.3 is 0 Å². The second kappa shape index (κ2) is 6.24. The number of hydrogen-bond donors (Lipinski definition) is 1. The molecular formula is C11H21N.